The van der Waals surface area contributed by atoms with E-state index in [0.717, 1.165) is 58.3 Å². The molecule has 3 aliphatic heterocycles. The molecule has 2 N–H and O–H groups in total. The zero-order chi connectivity index (χ0) is 18.6. The minimum absolute atomic E-state index is 0. The van der Waals surface area contributed by atoms with Crippen molar-refractivity contribution in [3.05, 3.63) is 29.8 Å². The SMILES string of the molecule is Cl.Cl.O=C(NCC1CCCN(C(=O)CN2CCc3ccccc32)C1)C1CCCN1. The third-order valence-electron chi connectivity index (χ3n) is 6.12. The minimum Gasteiger partial charge on any atom is -0.362 e. The van der Waals surface area contributed by atoms with Gasteiger partial charge in [-0.15, -0.1) is 24.8 Å². The summed E-state index contributed by atoms with van der Waals surface area (Å²) in [6.45, 7) is 4.58. The van der Waals surface area contributed by atoms with Gasteiger partial charge < -0.3 is 20.4 Å². The van der Waals surface area contributed by atoms with Crippen LogP contribution in [-0.4, -0.2) is 62.0 Å². The van der Waals surface area contributed by atoms with E-state index in [1.165, 1.54) is 11.3 Å². The van der Waals surface area contributed by atoms with Gasteiger partial charge in [-0.25, -0.2) is 0 Å². The van der Waals surface area contributed by atoms with Gasteiger partial charge in [-0.2, -0.15) is 0 Å². The van der Waals surface area contributed by atoms with Gasteiger partial charge in [-0.3, -0.25) is 9.59 Å². The number of nitrogens with zero attached hydrogens (tertiary/aromatic N) is 2. The van der Waals surface area contributed by atoms with E-state index in [4.69, 9.17) is 0 Å². The predicted molar refractivity (Wildman–Crippen MR) is 120 cm³/mol. The Bertz CT molecular complexity index is 697. The quantitative estimate of drug-likeness (QED) is 0.731. The highest BCUT2D eigenvalue weighted by atomic mass is 35.5. The van der Waals surface area contributed by atoms with Gasteiger partial charge >= 0.3 is 0 Å². The zero-order valence-electron chi connectivity index (χ0n) is 16.8. The molecule has 0 radical (unpaired) electrons. The summed E-state index contributed by atoms with van der Waals surface area (Å²) in [5, 5.41) is 6.33. The molecule has 1 aromatic rings. The Kier molecular flexibility index (Phi) is 9.05. The highest BCUT2D eigenvalue weighted by Gasteiger charge is 2.28. The van der Waals surface area contributed by atoms with Gasteiger partial charge in [0, 0.05) is 31.9 Å². The van der Waals surface area contributed by atoms with Gasteiger partial charge in [0.1, 0.15) is 0 Å². The van der Waals surface area contributed by atoms with E-state index >= 15 is 0 Å². The van der Waals surface area contributed by atoms with Crippen LogP contribution in [-0.2, 0) is 16.0 Å². The molecule has 2 fully saturated rings. The molecule has 0 aliphatic carbocycles. The molecule has 0 spiro atoms. The average Bonchev–Trinajstić information content (AvgIpc) is 3.37. The standard InChI is InChI=1S/C21H30N4O2.2ClH/c26-20(15-24-12-9-17-6-1-2-8-19(17)24)25-11-4-5-16(14-25)13-23-21(27)18-7-3-10-22-18;;/h1-2,6,8,16,18,22H,3-5,7,9-15H2,(H,23,27);2*1H. The minimum atomic E-state index is -0.0263. The van der Waals surface area contributed by atoms with Crippen molar-refractivity contribution in [3.63, 3.8) is 0 Å². The molecule has 29 heavy (non-hydrogen) atoms. The Morgan fingerprint density at radius 1 is 1.10 bits per heavy atom. The van der Waals surface area contributed by atoms with Crippen LogP contribution in [0.25, 0.3) is 0 Å². The van der Waals surface area contributed by atoms with Gasteiger partial charge in [-0.1, -0.05) is 18.2 Å². The number of hydrogen-bond donors (Lipinski definition) is 2. The first-order valence-corrected chi connectivity index (χ1v) is 10.3. The third-order valence-corrected chi connectivity index (χ3v) is 6.12. The molecule has 0 bridgehead atoms. The molecule has 2 unspecified atom stereocenters. The van der Waals surface area contributed by atoms with Gasteiger partial charge in [0.05, 0.1) is 12.6 Å². The summed E-state index contributed by atoms with van der Waals surface area (Å²) in [7, 11) is 0. The fraction of sp³-hybridized carbons (Fsp3) is 0.619. The van der Waals surface area contributed by atoms with Crippen LogP contribution in [0.4, 0.5) is 5.69 Å². The lowest BCUT2D eigenvalue weighted by Gasteiger charge is -2.34. The molecule has 2 atom stereocenters. The third kappa shape index (κ3) is 5.77. The largest absolute Gasteiger partial charge is 0.362 e. The van der Waals surface area contributed by atoms with Crippen molar-refractivity contribution in [2.75, 3.05) is 44.2 Å². The van der Waals surface area contributed by atoms with Gasteiger partial charge in [0.15, 0.2) is 0 Å². The molecule has 6 nitrogen and oxygen atoms in total. The number of piperidine rings is 1. The fourth-order valence-electron chi connectivity index (χ4n) is 4.57. The van der Waals surface area contributed by atoms with E-state index in [9.17, 15) is 9.59 Å². The smallest absolute Gasteiger partial charge is 0.242 e. The van der Waals surface area contributed by atoms with Crippen molar-refractivity contribution in [2.45, 2.75) is 38.1 Å². The first kappa shape index (κ1) is 23.8. The molecule has 3 aliphatic rings. The maximum Gasteiger partial charge on any atom is 0.242 e. The highest BCUT2D eigenvalue weighted by molar-refractivity contribution is 5.85. The highest BCUT2D eigenvalue weighted by Crippen LogP contribution is 2.27. The van der Waals surface area contributed by atoms with E-state index in [0.29, 0.717) is 19.0 Å². The van der Waals surface area contributed by atoms with E-state index in [1.807, 2.05) is 11.0 Å². The lowest BCUT2D eigenvalue weighted by molar-refractivity contribution is -0.131. The summed E-state index contributed by atoms with van der Waals surface area (Å²) in [6.07, 6.45) is 5.12. The molecule has 2 amide bonds. The predicted octanol–water partition coefficient (Wildman–Crippen LogP) is 2.00. The second kappa shape index (κ2) is 11.0. The maximum absolute atomic E-state index is 12.8. The van der Waals surface area contributed by atoms with Crippen molar-refractivity contribution in [3.8, 4) is 0 Å². The van der Waals surface area contributed by atoms with Crippen molar-refractivity contribution < 1.29 is 9.59 Å². The number of fused-ring (bicyclic) bond motifs is 1. The van der Waals surface area contributed by atoms with Gasteiger partial charge in [0.2, 0.25) is 11.8 Å². The van der Waals surface area contributed by atoms with Crippen LogP contribution in [0.2, 0.25) is 0 Å². The summed E-state index contributed by atoms with van der Waals surface area (Å²) in [5.74, 6) is 0.684. The molecular weight excluding hydrogens is 411 g/mol. The topological polar surface area (TPSA) is 64.7 Å². The van der Waals surface area contributed by atoms with Gasteiger partial charge in [0.25, 0.3) is 0 Å². The van der Waals surface area contributed by atoms with Crippen LogP contribution in [0.3, 0.4) is 0 Å². The number of hydrogen-bond acceptors (Lipinski definition) is 4. The van der Waals surface area contributed by atoms with Crippen LogP contribution < -0.4 is 15.5 Å². The Morgan fingerprint density at radius 3 is 2.72 bits per heavy atom. The molecule has 8 heteroatoms. The number of carbonyl (C=O) groups is 2. The Labute approximate surface area is 185 Å². The number of likely N-dealkylation sites (tertiary alicyclic amines) is 1. The second-order valence-electron chi connectivity index (χ2n) is 8.04. The second-order valence-corrected chi connectivity index (χ2v) is 8.04. The lowest BCUT2D eigenvalue weighted by Crippen LogP contribution is -2.48. The molecule has 2 saturated heterocycles. The molecule has 0 aromatic heterocycles. The number of amides is 2. The Hall–Kier alpha value is -1.50. The average molecular weight is 443 g/mol. The first-order chi connectivity index (χ1) is 13.2. The Morgan fingerprint density at radius 2 is 1.93 bits per heavy atom. The summed E-state index contributed by atoms with van der Waals surface area (Å²) >= 11 is 0. The van der Waals surface area contributed by atoms with E-state index in [2.05, 4.69) is 33.7 Å². The van der Waals surface area contributed by atoms with Crippen LogP contribution in [0.1, 0.15) is 31.2 Å². The van der Waals surface area contributed by atoms with E-state index < -0.39 is 0 Å². The summed E-state index contributed by atoms with van der Waals surface area (Å²) in [5.41, 5.74) is 2.54. The van der Waals surface area contributed by atoms with Gasteiger partial charge in [-0.05, 0) is 56.2 Å². The van der Waals surface area contributed by atoms with Crippen molar-refractivity contribution in [1.29, 1.82) is 0 Å². The summed E-state index contributed by atoms with van der Waals surface area (Å²) < 4.78 is 0. The molecule has 162 valence electrons. The van der Waals surface area contributed by atoms with Crippen molar-refractivity contribution >= 4 is 42.3 Å². The fourth-order valence-corrected chi connectivity index (χ4v) is 4.57. The number of benzene rings is 1. The molecule has 0 saturated carbocycles. The number of anilines is 1. The molecule has 4 rings (SSSR count). The van der Waals surface area contributed by atoms with Crippen LogP contribution in [0, 0.1) is 5.92 Å². The van der Waals surface area contributed by atoms with Crippen LogP contribution >= 0.6 is 24.8 Å². The van der Waals surface area contributed by atoms with Crippen molar-refractivity contribution in [1.82, 2.24) is 15.5 Å². The van der Waals surface area contributed by atoms with Crippen LogP contribution in [0.15, 0.2) is 24.3 Å². The summed E-state index contributed by atoms with van der Waals surface area (Å²) in [6, 6.07) is 8.34. The first-order valence-electron chi connectivity index (χ1n) is 10.3. The van der Waals surface area contributed by atoms with Crippen LogP contribution in [0.5, 0.6) is 0 Å². The monoisotopic (exact) mass is 442 g/mol. The van der Waals surface area contributed by atoms with Crippen molar-refractivity contribution in [2.24, 2.45) is 5.92 Å². The number of para-hydroxylation sites is 1. The Balaban J connectivity index is 0.00000150. The number of rotatable bonds is 5. The number of nitrogens with one attached hydrogen (secondary N) is 2. The summed E-state index contributed by atoms with van der Waals surface area (Å²) in [4.78, 5) is 29.2. The number of halogens is 2. The molecule has 3 heterocycles. The molecule has 1 aromatic carbocycles. The molecular formula is C21H32Cl2N4O2. The number of carbonyl (C=O) groups excluding carboxylic acids is 2. The maximum atomic E-state index is 12.8. The van der Waals surface area contributed by atoms with E-state index in [1.54, 1.807) is 0 Å². The van der Waals surface area contributed by atoms with E-state index in [-0.39, 0.29) is 42.7 Å². The lowest BCUT2D eigenvalue weighted by atomic mass is 9.97. The zero-order valence-corrected chi connectivity index (χ0v) is 18.4. The normalized spacial score (nSPS) is 23.0.